The third-order valence-corrected chi connectivity index (χ3v) is 6.41. The zero-order chi connectivity index (χ0) is 23.4. The third kappa shape index (κ3) is 4.87. The van der Waals surface area contributed by atoms with E-state index in [4.69, 9.17) is 4.74 Å². The van der Waals surface area contributed by atoms with Crippen molar-refractivity contribution in [1.82, 2.24) is 30.8 Å². The molecule has 0 atom stereocenters. The molecule has 1 saturated heterocycles. The molecule has 0 radical (unpaired) electrons. The quantitative estimate of drug-likeness (QED) is 0.528. The number of carbonyl (C=O) groups excluding carboxylic acids is 1. The number of carbonyl (C=O) groups is 1. The minimum Gasteiger partial charge on any atom is -0.482 e. The van der Waals surface area contributed by atoms with Gasteiger partial charge in [0.1, 0.15) is 11.4 Å². The molecule has 0 saturated carbocycles. The topological polar surface area (TPSA) is 94.0 Å². The van der Waals surface area contributed by atoms with Gasteiger partial charge in [-0.15, -0.1) is 10.2 Å². The summed E-state index contributed by atoms with van der Waals surface area (Å²) in [5, 5.41) is 19.2. The molecular weight excluding hydrogens is 428 g/mol. The van der Waals surface area contributed by atoms with E-state index in [0.29, 0.717) is 18.9 Å². The zero-order valence-corrected chi connectivity index (χ0v) is 19.5. The Balaban J connectivity index is 1.32. The van der Waals surface area contributed by atoms with Crippen LogP contribution < -0.4 is 15.4 Å². The molecule has 0 aliphatic carbocycles. The average Bonchev–Trinajstić information content (AvgIpc) is 3.33. The van der Waals surface area contributed by atoms with Crippen molar-refractivity contribution in [2.24, 2.45) is 0 Å². The molecule has 1 fully saturated rings. The first kappa shape index (κ1) is 22.3. The summed E-state index contributed by atoms with van der Waals surface area (Å²) in [4.78, 5) is 12.6. The zero-order valence-electron chi connectivity index (χ0n) is 19.5. The van der Waals surface area contributed by atoms with Crippen LogP contribution >= 0.6 is 0 Å². The van der Waals surface area contributed by atoms with Crippen molar-refractivity contribution in [3.05, 3.63) is 65.7 Å². The number of tetrazole rings is 1. The van der Waals surface area contributed by atoms with E-state index < -0.39 is 0 Å². The van der Waals surface area contributed by atoms with Crippen molar-refractivity contribution in [3.8, 4) is 17.1 Å². The Bertz CT molecular complexity index is 1180. The molecule has 3 heterocycles. The maximum absolute atomic E-state index is 10.9. The van der Waals surface area contributed by atoms with Gasteiger partial charge in [-0.2, -0.15) is 4.80 Å². The van der Waals surface area contributed by atoms with Crippen LogP contribution in [0.2, 0.25) is 0 Å². The first-order valence-corrected chi connectivity index (χ1v) is 12.0. The first-order valence-electron chi connectivity index (χ1n) is 12.0. The van der Waals surface area contributed by atoms with Gasteiger partial charge in [0.2, 0.25) is 11.7 Å². The van der Waals surface area contributed by atoms with Crippen LogP contribution in [0.4, 0.5) is 0 Å². The molecule has 2 aliphatic rings. The highest BCUT2D eigenvalue weighted by atomic mass is 16.5. The van der Waals surface area contributed by atoms with E-state index in [-0.39, 0.29) is 11.5 Å². The number of hydrogen-bond donors (Lipinski definition) is 2. The van der Waals surface area contributed by atoms with Gasteiger partial charge < -0.3 is 15.4 Å². The van der Waals surface area contributed by atoms with Gasteiger partial charge in [0.05, 0.1) is 6.54 Å². The maximum atomic E-state index is 10.9. The van der Waals surface area contributed by atoms with Crippen LogP contribution in [0.1, 0.15) is 43.7 Å². The largest absolute Gasteiger partial charge is 0.482 e. The summed E-state index contributed by atoms with van der Waals surface area (Å²) in [7, 11) is 0. The summed E-state index contributed by atoms with van der Waals surface area (Å²) in [6.07, 6.45) is 5.99. The Hall–Kier alpha value is -3.52. The van der Waals surface area contributed by atoms with Crippen molar-refractivity contribution in [2.75, 3.05) is 19.6 Å². The van der Waals surface area contributed by atoms with Crippen molar-refractivity contribution in [3.63, 3.8) is 0 Å². The number of nitrogens with zero attached hydrogens (tertiary/aromatic N) is 4. The predicted octanol–water partition coefficient (Wildman–Crippen LogP) is 3.20. The molecular formula is C26H30N6O2. The van der Waals surface area contributed by atoms with Crippen molar-refractivity contribution < 1.29 is 9.53 Å². The number of rotatable bonds is 7. The van der Waals surface area contributed by atoms with Gasteiger partial charge in [-0.05, 0) is 54.4 Å². The number of amides is 1. The van der Waals surface area contributed by atoms with Gasteiger partial charge in [0.25, 0.3) is 0 Å². The van der Waals surface area contributed by atoms with Crippen LogP contribution in [0.5, 0.6) is 5.75 Å². The van der Waals surface area contributed by atoms with E-state index in [9.17, 15) is 4.79 Å². The van der Waals surface area contributed by atoms with Gasteiger partial charge in [-0.1, -0.05) is 42.5 Å². The first-order chi connectivity index (χ1) is 16.6. The highest BCUT2D eigenvalue weighted by Gasteiger charge is 2.36. The van der Waals surface area contributed by atoms with Gasteiger partial charge >= 0.3 is 0 Å². The van der Waals surface area contributed by atoms with Crippen LogP contribution in [0.25, 0.3) is 17.0 Å². The number of ether oxygens (including phenoxy) is 1. The molecule has 8 nitrogen and oxygen atoms in total. The van der Waals surface area contributed by atoms with Crippen molar-refractivity contribution >= 4 is 11.5 Å². The van der Waals surface area contributed by atoms with E-state index in [1.54, 1.807) is 4.80 Å². The SMILES string of the molecule is CC(=O)NCCCCn1nnc(-c2ccc(C3=CC4(CCNCC4)Oc4ccccc43)cc2)n1. The summed E-state index contributed by atoms with van der Waals surface area (Å²) in [6.45, 7) is 4.78. The average molecular weight is 459 g/mol. The fourth-order valence-electron chi connectivity index (χ4n) is 4.60. The van der Waals surface area contributed by atoms with Crippen LogP contribution in [0.3, 0.4) is 0 Å². The monoisotopic (exact) mass is 458 g/mol. The van der Waals surface area contributed by atoms with Crippen LogP contribution in [-0.4, -0.2) is 51.3 Å². The number of unbranched alkanes of at least 4 members (excludes halogenated alkanes) is 1. The van der Waals surface area contributed by atoms with Gasteiger partial charge in [-0.3, -0.25) is 4.79 Å². The lowest BCUT2D eigenvalue weighted by molar-refractivity contribution is -0.118. The highest BCUT2D eigenvalue weighted by Crippen LogP contribution is 2.42. The fraction of sp³-hybridized carbons (Fsp3) is 0.385. The lowest BCUT2D eigenvalue weighted by Gasteiger charge is -2.40. The third-order valence-electron chi connectivity index (χ3n) is 6.41. The summed E-state index contributed by atoms with van der Waals surface area (Å²) in [5.41, 5.74) is 4.18. The Morgan fingerprint density at radius 2 is 1.85 bits per heavy atom. The number of piperidine rings is 1. The van der Waals surface area contributed by atoms with E-state index in [1.807, 2.05) is 6.07 Å². The van der Waals surface area contributed by atoms with Crippen molar-refractivity contribution in [2.45, 2.75) is 44.8 Å². The van der Waals surface area contributed by atoms with Gasteiger partial charge in [0, 0.05) is 37.4 Å². The number of hydrogen-bond acceptors (Lipinski definition) is 6. The fourth-order valence-corrected chi connectivity index (χ4v) is 4.60. The van der Waals surface area contributed by atoms with Crippen LogP contribution in [0.15, 0.2) is 54.6 Å². The molecule has 1 aromatic heterocycles. The maximum Gasteiger partial charge on any atom is 0.216 e. The van der Waals surface area contributed by atoms with Crippen LogP contribution in [0, 0.1) is 0 Å². The smallest absolute Gasteiger partial charge is 0.216 e. The normalized spacial score (nSPS) is 16.4. The summed E-state index contributed by atoms with van der Waals surface area (Å²) >= 11 is 0. The molecule has 2 aliphatic heterocycles. The summed E-state index contributed by atoms with van der Waals surface area (Å²) < 4.78 is 6.50. The Morgan fingerprint density at radius 1 is 1.09 bits per heavy atom. The Labute approximate surface area is 199 Å². The summed E-state index contributed by atoms with van der Waals surface area (Å²) in [5.74, 6) is 1.56. The number of fused-ring (bicyclic) bond motifs is 1. The highest BCUT2D eigenvalue weighted by molar-refractivity contribution is 5.85. The molecule has 0 bridgehead atoms. The molecule has 2 aromatic carbocycles. The predicted molar refractivity (Wildman–Crippen MR) is 130 cm³/mol. The van der Waals surface area contributed by atoms with Crippen LogP contribution in [-0.2, 0) is 11.3 Å². The molecule has 0 unspecified atom stereocenters. The molecule has 1 amide bonds. The number of aryl methyl sites for hydroxylation is 1. The minimum absolute atomic E-state index is 0.00413. The van der Waals surface area contributed by atoms with E-state index >= 15 is 0 Å². The second kappa shape index (κ2) is 9.77. The second-order valence-electron chi connectivity index (χ2n) is 8.95. The number of aromatic nitrogens is 4. The molecule has 8 heteroatoms. The molecule has 5 rings (SSSR count). The van der Waals surface area contributed by atoms with E-state index in [0.717, 1.165) is 61.2 Å². The standard InChI is InChI=1S/C26H30N6O2/c1-19(33)28-14-4-5-17-32-30-25(29-31-32)21-10-8-20(9-11-21)23-18-26(12-15-27-16-13-26)34-24-7-3-2-6-22(23)24/h2-3,6-11,18,27H,4-5,12-17H2,1H3,(H,28,33). The minimum atomic E-state index is -0.252. The number of nitrogens with one attached hydrogen (secondary N) is 2. The lowest BCUT2D eigenvalue weighted by Crippen LogP contribution is -2.46. The molecule has 1 spiro atoms. The number of para-hydroxylation sites is 1. The van der Waals surface area contributed by atoms with Crippen molar-refractivity contribution in [1.29, 1.82) is 0 Å². The van der Waals surface area contributed by atoms with E-state index in [1.165, 1.54) is 12.5 Å². The van der Waals surface area contributed by atoms with Gasteiger partial charge in [-0.25, -0.2) is 0 Å². The Kier molecular flexibility index (Phi) is 6.40. The lowest BCUT2D eigenvalue weighted by atomic mass is 9.83. The Morgan fingerprint density at radius 3 is 2.65 bits per heavy atom. The van der Waals surface area contributed by atoms with Gasteiger partial charge in [0.15, 0.2) is 0 Å². The summed E-state index contributed by atoms with van der Waals surface area (Å²) in [6, 6.07) is 16.7. The molecule has 3 aromatic rings. The molecule has 2 N–H and O–H groups in total. The molecule has 34 heavy (non-hydrogen) atoms. The van der Waals surface area contributed by atoms with E-state index in [2.05, 4.69) is 74.6 Å². The molecule has 176 valence electrons. The number of benzene rings is 2. The second-order valence-corrected chi connectivity index (χ2v) is 8.95.